The molecule has 0 saturated heterocycles. The van der Waals surface area contributed by atoms with Crippen LogP contribution in [0.4, 0.5) is 5.82 Å². The Bertz CT molecular complexity index is 349. The Morgan fingerprint density at radius 1 is 1.47 bits per heavy atom. The monoisotopic (exact) mass is 321 g/mol. The van der Waals surface area contributed by atoms with E-state index in [4.69, 9.17) is 5.73 Å². The van der Waals surface area contributed by atoms with E-state index in [2.05, 4.69) is 62.3 Å². The largest absolute Gasteiger partial charge is 0.383 e. The molecule has 0 spiro atoms. The van der Waals surface area contributed by atoms with Gasteiger partial charge in [0.25, 0.3) is 0 Å². The lowest BCUT2D eigenvalue weighted by molar-refractivity contribution is 0.463. The van der Waals surface area contributed by atoms with Crippen molar-refractivity contribution in [2.75, 3.05) is 5.73 Å². The zero-order chi connectivity index (χ0) is 11.8. The Morgan fingerprint density at radius 2 is 2.00 bits per heavy atom. The molecule has 0 bridgehead atoms. The molecular formula is C11H20IN3. The van der Waals surface area contributed by atoms with Gasteiger partial charge in [-0.15, -0.1) is 0 Å². The maximum Gasteiger partial charge on any atom is 0.135 e. The number of nitrogens with zero attached hydrogens (tertiary/aromatic N) is 2. The number of anilines is 1. The van der Waals surface area contributed by atoms with Gasteiger partial charge in [0.1, 0.15) is 5.82 Å². The third kappa shape index (κ3) is 2.46. The predicted octanol–water partition coefficient (Wildman–Crippen LogP) is 3.34. The molecular weight excluding hydrogens is 301 g/mol. The van der Waals surface area contributed by atoms with Crippen LogP contribution in [0.2, 0.25) is 0 Å². The summed E-state index contributed by atoms with van der Waals surface area (Å²) in [7, 11) is 0. The molecule has 0 radical (unpaired) electrons. The summed E-state index contributed by atoms with van der Waals surface area (Å²) in [6.07, 6.45) is 1.05. The molecule has 4 heteroatoms. The molecule has 2 N–H and O–H groups in total. The van der Waals surface area contributed by atoms with Crippen LogP contribution in [0.5, 0.6) is 0 Å². The Labute approximate surface area is 106 Å². The van der Waals surface area contributed by atoms with E-state index in [1.807, 2.05) is 4.68 Å². The second-order valence-electron chi connectivity index (χ2n) is 5.00. The highest BCUT2D eigenvalue weighted by Crippen LogP contribution is 2.31. The quantitative estimate of drug-likeness (QED) is 0.849. The zero-order valence-corrected chi connectivity index (χ0v) is 12.3. The maximum absolute atomic E-state index is 6.07. The standard InChI is InChI=1S/C11H20IN3/c1-6-7(2)15-10(13)8(12)9(14-15)11(3,4)5/h7H,6,13H2,1-5H3. The molecule has 86 valence electrons. The van der Waals surface area contributed by atoms with Crippen LogP contribution in [-0.4, -0.2) is 9.78 Å². The molecule has 1 aromatic heterocycles. The fraction of sp³-hybridized carbons (Fsp3) is 0.727. The molecule has 0 amide bonds. The predicted molar refractivity (Wildman–Crippen MR) is 73.1 cm³/mol. The summed E-state index contributed by atoms with van der Waals surface area (Å²) < 4.78 is 3.04. The minimum atomic E-state index is 0.0589. The van der Waals surface area contributed by atoms with Crippen molar-refractivity contribution >= 4 is 28.4 Å². The average Bonchev–Trinajstić information content (AvgIpc) is 2.42. The molecule has 0 aliphatic rings. The van der Waals surface area contributed by atoms with E-state index in [9.17, 15) is 0 Å². The van der Waals surface area contributed by atoms with Crippen molar-refractivity contribution < 1.29 is 0 Å². The van der Waals surface area contributed by atoms with Gasteiger partial charge >= 0.3 is 0 Å². The van der Waals surface area contributed by atoms with Crippen molar-refractivity contribution in [3.8, 4) is 0 Å². The normalized spacial score (nSPS) is 14.3. The number of nitrogen functional groups attached to an aromatic ring is 1. The topological polar surface area (TPSA) is 43.8 Å². The lowest BCUT2D eigenvalue weighted by atomic mass is 9.92. The molecule has 1 aromatic rings. The van der Waals surface area contributed by atoms with Crippen LogP contribution in [0.3, 0.4) is 0 Å². The van der Waals surface area contributed by atoms with Crippen LogP contribution < -0.4 is 5.73 Å². The molecule has 0 saturated carbocycles. The maximum atomic E-state index is 6.07. The van der Waals surface area contributed by atoms with Gasteiger partial charge in [0.2, 0.25) is 0 Å². The zero-order valence-electron chi connectivity index (χ0n) is 10.1. The first-order chi connectivity index (χ1) is 6.79. The first kappa shape index (κ1) is 12.8. The fourth-order valence-corrected chi connectivity index (χ4v) is 2.58. The number of halogens is 1. The van der Waals surface area contributed by atoms with Gasteiger partial charge in [-0.3, -0.25) is 0 Å². The van der Waals surface area contributed by atoms with E-state index < -0.39 is 0 Å². The van der Waals surface area contributed by atoms with Gasteiger partial charge in [0, 0.05) is 5.41 Å². The lowest BCUT2D eigenvalue weighted by Crippen LogP contribution is -2.15. The second kappa shape index (κ2) is 4.31. The molecule has 15 heavy (non-hydrogen) atoms. The van der Waals surface area contributed by atoms with E-state index in [0.29, 0.717) is 6.04 Å². The molecule has 3 nitrogen and oxygen atoms in total. The molecule has 0 fully saturated rings. The average molecular weight is 321 g/mol. The summed E-state index contributed by atoms with van der Waals surface area (Å²) in [4.78, 5) is 0. The van der Waals surface area contributed by atoms with Crippen molar-refractivity contribution in [3.63, 3.8) is 0 Å². The van der Waals surface area contributed by atoms with Gasteiger partial charge in [-0.2, -0.15) is 5.10 Å². The van der Waals surface area contributed by atoms with Crippen LogP contribution in [0.15, 0.2) is 0 Å². The van der Waals surface area contributed by atoms with E-state index in [-0.39, 0.29) is 5.41 Å². The van der Waals surface area contributed by atoms with Gasteiger partial charge in [0.15, 0.2) is 0 Å². The highest BCUT2D eigenvalue weighted by atomic mass is 127. The van der Waals surface area contributed by atoms with Crippen molar-refractivity contribution in [1.29, 1.82) is 0 Å². The highest BCUT2D eigenvalue weighted by molar-refractivity contribution is 14.1. The van der Waals surface area contributed by atoms with Crippen LogP contribution >= 0.6 is 22.6 Å². The molecule has 0 aliphatic carbocycles. The summed E-state index contributed by atoms with van der Waals surface area (Å²) in [6.45, 7) is 10.8. The van der Waals surface area contributed by atoms with Crippen LogP contribution in [0.25, 0.3) is 0 Å². The summed E-state index contributed by atoms with van der Waals surface area (Å²) in [5.41, 5.74) is 7.23. The molecule has 1 unspecified atom stereocenters. The summed E-state index contributed by atoms with van der Waals surface area (Å²) in [5.74, 6) is 0.801. The molecule has 1 heterocycles. The number of hydrogen-bond donors (Lipinski definition) is 1. The van der Waals surface area contributed by atoms with Crippen LogP contribution in [0, 0.1) is 3.57 Å². The Morgan fingerprint density at radius 3 is 2.33 bits per heavy atom. The van der Waals surface area contributed by atoms with Gasteiger partial charge in [-0.1, -0.05) is 27.7 Å². The SMILES string of the molecule is CCC(C)n1nc(C(C)(C)C)c(I)c1N. The van der Waals surface area contributed by atoms with Gasteiger partial charge in [-0.25, -0.2) is 4.68 Å². The Hall–Kier alpha value is -0.260. The Kier molecular flexibility index (Phi) is 3.68. The van der Waals surface area contributed by atoms with E-state index >= 15 is 0 Å². The highest BCUT2D eigenvalue weighted by Gasteiger charge is 2.25. The van der Waals surface area contributed by atoms with Crippen molar-refractivity contribution in [2.45, 2.75) is 52.5 Å². The first-order valence-corrected chi connectivity index (χ1v) is 6.40. The van der Waals surface area contributed by atoms with Crippen molar-refractivity contribution in [3.05, 3.63) is 9.26 Å². The van der Waals surface area contributed by atoms with E-state index in [0.717, 1.165) is 21.5 Å². The fourth-order valence-electron chi connectivity index (χ4n) is 1.42. The van der Waals surface area contributed by atoms with Gasteiger partial charge in [0.05, 0.1) is 15.3 Å². The number of nitrogens with two attached hydrogens (primary N) is 1. The van der Waals surface area contributed by atoms with E-state index in [1.54, 1.807) is 0 Å². The second-order valence-corrected chi connectivity index (χ2v) is 6.08. The minimum absolute atomic E-state index is 0.0589. The smallest absolute Gasteiger partial charge is 0.135 e. The van der Waals surface area contributed by atoms with Crippen LogP contribution in [0.1, 0.15) is 52.8 Å². The van der Waals surface area contributed by atoms with Gasteiger partial charge < -0.3 is 5.73 Å². The summed E-state index contributed by atoms with van der Waals surface area (Å²) in [5, 5.41) is 4.64. The first-order valence-electron chi connectivity index (χ1n) is 5.33. The van der Waals surface area contributed by atoms with E-state index in [1.165, 1.54) is 0 Å². The van der Waals surface area contributed by atoms with Crippen molar-refractivity contribution in [2.24, 2.45) is 0 Å². The third-order valence-electron chi connectivity index (χ3n) is 2.61. The van der Waals surface area contributed by atoms with Crippen molar-refractivity contribution in [1.82, 2.24) is 9.78 Å². The summed E-state index contributed by atoms with van der Waals surface area (Å²) in [6, 6.07) is 0.370. The molecule has 1 atom stereocenters. The minimum Gasteiger partial charge on any atom is -0.383 e. The van der Waals surface area contributed by atoms with Crippen LogP contribution in [-0.2, 0) is 5.41 Å². The third-order valence-corrected chi connectivity index (χ3v) is 3.67. The number of aromatic nitrogens is 2. The molecule has 0 aliphatic heterocycles. The van der Waals surface area contributed by atoms with Gasteiger partial charge in [-0.05, 0) is 35.9 Å². The number of hydrogen-bond acceptors (Lipinski definition) is 2. The molecule has 1 rings (SSSR count). The lowest BCUT2D eigenvalue weighted by Gasteiger charge is -2.15. The summed E-state index contributed by atoms with van der Waals surface area (Å²) >= 11 is 2.29. The Balaban J connectivity index is 3.24. The molecule has 0 aromatic carbocycles. The number of rotatable bonds is 2.